The third-order valence-corrected chi connectivity index (χ3v) is 6.74. The molecule has 2 heterocycles. The number of hydrogen-bond acceptors (Lipinski definition) is 7. The fourth-order valence-electron chi connectivity index (χ4n) is 3.06. The summed E-state index contributed by atoms with van der Waals surface area (Å²) in [6.07, 6.45) is 1.69. The minimum absolute atomic E-state index is 0.137. The van der Waals surface area contributed by atoms with Crippen LogP contribution in [0.15, 0.2) is 65.7 Å². The Labute approximate surface area is 193 Å². The van der Waals surface area contributed by atoms with Gasteiger partial charge < -0.3 is 9.47 Å². The average molecular weight is 470 g/mol. The van der Waals surface area contributed by atoms with Gasteiger partial charge in [0.25, 0.3) is 0 Å². The molecule has 0 spiro atoms. The standard InChI is InChI=1S/C23H20FN3O3S2/c1-29-18-10-11-19(30-2)22-21(18)26-23(32-22)27(13-16-5-3-4-12-25-16)20(28)14-31-17-8-6-15(24)7-9-17/h3-12H,13-14H2,1-2H3. The van der Waals surface area contributed by atoms with Crippen LogP contribution in [0.1, 0.15) is 5.69 Å². The number of halogens is 1. The van der Waals surface area contributed by atoms with Crippen molar-refractivity contribution in [1.29, 1.82) is 0 Å². The smallest absolute Gasteiger partial charge is 0.239 e. The van der Waals surface area contributed by atoms with Gasteiger partial charge in [-0.3, -0.25) is 14.7 Å². The number of methoxy groups -OCH3 is 2. The fraction of sp³-hybridized carbons (Fsp3) is 0.174. The molecule has 6 nitrogen and oxygen atoms in total. The van der Waals surface area contributed by atoms with E-state index < -0.39 is 0 Å². The summed E-state index contributed by atoms with van der Waals surface area (Å²) in [5, 5.41) is 0.526. The first-order valence-electron chi connectivity index (χ1n) is 9.69. The van der Waals surface area contributed by atoms with E-state index in [0.29, 0.717) is 22.1 Å². The normalized spacial score (nSPS) is 10.8. The number of rotatable bonds is 8. The molecule has 0 atom stereocenters. The topological polar surface area (TPSA) is 64.6 Å². The van der Waals surface area contributed by atoms with Gasteiger partial charge in [0.15, 0.2) is 5.13 Å². The summed E-state index contributed by atoms with van der Waals surface area (Å²) in [5.41, 5.74) is 1.38. The van der Waals surface area contributed by atoms with E-state index in [0.717, 1.165) is 15.3 Å². The highest BCUT2D eigenvalue weighted by molar-refractivity contribution is 8.00. The Hall–Kier alpha value is -3.17. The zero-order valence-corrected chi connectivity index (χ0v) is 19.1. The van der Waals surface area contributed by atoms with E-state index in [9.17, 15) is 9.18 Å². The molecule has 4 rings (SSSR count). The van der Waals surface area contributed by atoms with Crippen LogP contribution in [0, 0.1) is 5.82 Å². The SMILES string of the molecule is COc1ccc(OC)c2sc(N(Cc3ccccn3)C(=O)CSc3ccc(F)cc3)nc12. The van der Waals surface area contributed by atoms with Crippen LogP contribution in [0.25, 0.3) is 10.2 Å². The van der Waals surface area contributed by atoms with Crippen molar-refractivity contribution in [1.82, 2.24) is 9.97 Å². The van der Waals surface area contributed by atoms with E-state index in [1.165, 1.54) is 35.2 Å². The maximum atomic E-state index is 13.3. The predicted octanol–water partition coefficient (Wildman–Crippen LogP) is 5.17. The van der Waals surface area contributed by atoms with Crippen molar-refractivity contribution in [2.45, 2.75) is 11.4 Å². The van der Waals surface area contributed by atoms with Gasteiger partial charge in [-0.25, -0.2) is 9.37 Å². The number of hydrogen-bond donors (Lipinski definition) is 0. The van der Waals surface area contributed by atoms with Crippen LogP contribution >= 0.6 is 23.1 Å². The zero-order valence-electron chi connectivity index (χ0n) is 17.4. The molecule has 0 radical (unpaired) electrons. The van der Waals surface area contributed by atoms with Crippen LogP contribution in [0.2, 0.25) is 0 Å². The quantitative estimate of drug-likeness (QED) is 0.332. The van der Waals surface area contributed by atoms with Crippen LogP contribution in [0.4, 0.5) is 9.52 Å². The highest BCUT2D eigenvalue weighted by Crippen LogP contribution is 2.40. The molecule has 0 saturated heterocycles. The molecule has 0 unspecified atom stereocenters. The number of ether oxygens (including phenoxy) is 2. The largest absolute Gasteiger partial charge is 0.495 e. The second-order valence-corrected chi connectivity index (χ2v) is 8.71. The molecule has 0 fully saturated rings. The molecule has 2 aromatic carbocycles. The highest BCUT2D eigenvalue weighted by atomic mass is 32.2. The Morgan fingerprint density at radius 2 is 1.81 bits per heavy atom. The number of carbonyl (C=O) groups is 1. The van der Waals surface area contributed by atoms with Gasteiger partial charge in [-0.05, 0) is 48.5 Å². The van der Waals surface area contributed by atoms with Crippen molar-refractivity contribution in [3.05, 3.63) is 72.3 Å². The Kier molecular flexibility index (Phi) is 6.87. The third-order valence-electron chi connectivity index (χ3n) is 4.65. The molecule has 0 bridgehead atoms. The third kappa shape index (κ3) is 4.84. The molecule has 164 valence electrons. The zero-order chi connectivity index (χ0) is 22.5. The molecule has 0 aliphatic carbocycles. The highest BCUT2D eigenvalue weighted by Gasteiger charge is 2.23. The van der Waals surface area contributed by atoms with E-state index >= 15 is 0 Å². The Morgan fingerprint density at radius 1 is 1.06 bits per heavy atom. The molecule has 2 aromatic heterocycles. The molecule has 0 saturated carbocycles. The summed E-state index contributed by atoms with van der Waals surface area (Å²) in [5.74, 6) is 0.990. The minimum atomic E-state index is -0.310. The molecule has 0 N–H and O–H groups in total. The summed E-state index contributed by atoms with van der Waals surface area (Å²) in [7, 11) is 3.17. The molecular weight excluding hydrogens is 449 g/mol. The lowest BCUT2D eigenvalue weighted by Crippen LogP contribution is -2.32. The summed E-state index contributed by atoms with van der Waals surface area (Å²) in [4.78, 5) is 24.8. The van der Waals surface area contributed by atoms with Gasteiger partial charge in [0.1, 0.15) is 27.5 Å². The average Bonchev–Trinajstić information content (AvgIpc) is 3.27. The Bertz CT molecular complexity index is 1180. The first-order chi connectivity index (χ1) is 15.6. The first kappa shape index (κ1) is 22.0. The maximum absolute atomic E-state index is 13.3. The van der Waals surface area contributed by atoms with Gasteiger partial charge in [-0.2, -0.15) is 0 Å². The van der Waals surface area contributed by atoms with Crippen LogP contribution < -0.4 is 14.4 Å². The van der Waals surface area contributed by atoms with E-state index in [2.05, 4.69) is 4.98 Å². The van der Waals surface area contributed by atoms with Crippen molar-refractivity contribution in [2.24, 2.45) is 0 Å². The molecular formula is C23H20FN3O3S2. The number of nitrogens with zero attached hydrogens (tertiary/aromatic N) is 3. The van der Waals surface area contributed by atoms with Crippen LogP contribution in [-0.2, 0) is 11.3 Å². The maximum Gasteiger partial charge on any atom is 0.239 e. The van der Waals surface area contributed by atoms with Crippen molar-refractivity contribution in [2.75, 3.05) is 24.9 Å². The molecule has 4 aromatic rings. The van der Waals surface area contributed by atoms with Crippen LogP contribution in [-0.4, -0.2) is 35.8 Å². The van der Waals surface area contributed by atoms with E-state index in [1.807, 2.05) is 24.3 Å². The number of thioether (sulfide) groups is 1. The van der Waals surface area contributed by atoms with E-state index in [-0.39, 0.29) is 24.0 Å². The van der Waals surface area contributed by atoms with Gasteiger partial charge in [-0.1, -0.05) is 17.4 Å². The molecule has 0 aliphatic rings. The van der Waals surface area contributed by atoms with Crippen molar-refractivity contribution in [3.8, 4) is 11.5 Å². The van der Waals surface area contributed by atoms with Crippen molar-refractivity contribution in [3.63, 3.8) is 0 Å². The van der Waals surface area contributed by atoms with Crippen LogP contribution in [0.3, 0.4) is 0 Å². The van der Waals surface area contributed by atoms with Gasteiger partial charge in [0.05, 0.1) is 32.2 Å². The molecule has 1 amide bonds. The summed E-state index contributed by atoms with van der Waals surface area (Å²) in [6.45, 7) is 0.272. The van der Waals surface area contributed by atoms with E-state index in [1.54, 1.807) is 43.5 Å². The number of amides is 1. The summed E-state index contributed by atoms with van der Waals surface area (Å²) in [6, 6.07) is 15.2. The van der Waals surface area contributed by atoms with Gasteiger partial charge in [-0.15, -0.1) is 11.8 Å². The fourth-order valence-corrected chi connectivity index (χ4v) is 4.93. The van der Waals surface area contributed by atoms with Crippen molar-refractivity contribution < 1.29 is 18.7 Å². The second-order valence-electron chi connectivity index (χ2n) is 6.69. The summed E-state index contributed by atoms with van der Waals surface area (Å²) < 4.78 is 24.9. The van der Waals surface area contributed by atoms with Crippen molar-refractivity contribution >= 4 is 44.4 Å². The minimum Gasteiger partial charge on any atom is -0.495 e. The van der Waals surface area contributed by atoms with Gasteiger partial charge in [0, 0.05) is 11.1 Å². The molecule has 32 heavy (non-hydrogen) atoms. The number of benzene rings is 2. The first-order valence-corrected chi connectivity index (χ1v) is 11.5. The lowest BCUT2D eigenvalue weighted by Gasteiger charge is -2.19. The number of carbonyl (C=O) groups excluding carboxylic acids is 1. The lowest BCUT2D eigenvalue weighted by molar-refractivity contribution is -0.116. The lowest BCUT2D eigenvalue weighted by atomic mass is 10.3. The number of thiazole rings is 1. The van der Waals surface area contributed by atoms with E-state index in [4.69, 9.17) is 14.5 Å². The number of anilines is 1. The monoisotopic (exact) mass is 469 g/mol. The van der Waals surface area contributed by atoms with Crippen LogP contribution in [0.5, 0.6) is 11.5 Å². The number of aromatic nitrogens is 2. The predicted molar refractivity (Wildman–Crippen MR) is 125 cm³/mol. The molecule has 0 aliphatic heterocycles. The number of pyridine rings is 1. The number of fused-ring (bicyclic) bond motifs is 1. The van der Waals surface area contributed by atoms with Gasteiger partial charge in [0.2, 0.25) is 5.91 Å². The second kappa shape index (κ2) is 9.97. The summed E-state index contributed by atoms with van der Waals surface area (Å²) >= 11 is 2.70. The van der Waals surface area contributed by atoms with Gasteiger partial charge >= 0.3 is 0 Å². The molecule has 9 heteroatoms. The Balaban J connectivity index is 1.67. The Morgan fingerprint density at radius 3 is 2.50 bits per heavy atom.